The highest BCUT2D eigenvalue weighted by atomic mass is 32.2. The topological polar surface area (TPSA) is 102 Å². The zero-order valence-electron chi connectivity index (χ0n) is 17.2. The van der Waals surface area contributed by atoms with Crippen LogP contribution in [0, 0.1) is 5.41 Å². The maximum atomic E-state index is 12.2. The number of hydrogen-bond acceptors (Lipinski definition) is 5. The molecular weight excluding hydrogens is 370 g/mol. The van der Waals surface area contributed by atoms with Gasteiger partial charge in [0.15, 0.2) is 0 Å². The van der Waals surface area contributed by atoms with Gasteiger partial charge in [-0.05, 0) is 50.4 Å². The number of alkyl carbamates (subject to hydrolysis) is 1. The SMILES string of the molecule is CCCC(OC(=O)N[C@H]1CC[C@H](OCCCCS(=O)(=O)O)CC1)C(C)(C)C. The van der Waals surface area contributed by atoms with Crippen LogP contribution < -0.4 is 5.32 Å². The average molecular weight is 408 g/mol. The molecule has 7 nitrogen and oxygen atoms in total. The van der Waals surface area contributed by atoms with Crippen LogP contribution in [-0.4, -0.2) is 49.7 Å². The zero-order valence-corrected chi connectivity index (χ0v) is 18.0. The minimum absolute atomic E-state index is 0.0752. The molecule has 0 aromatic carbocycles. The molecule has 1 aliphatic rings. The summed E-state index contributed by atoms with van der Waals surface area (Å²) in [6.07, 6.45) is 5.97. The van der Waals surface area contributed by atoms with Gasteiger partial charge in [-0.3, -0.25) is 4.55 Å². The van der Waals surface area contributed by atoms with Gasteiger partial charge in [-0.25, -0.2) is 4.79 Å². The van der Waals surface area contributed by atoms with Gasteiger partial charge in [-0.1, -0.05) is 34.1 Å². The van der Waals surface area contributed by atoms with Crippen molar-refractivity contribution in [3.63, 3.8) is 0 Å². The Balaban J connectivity index is 2.23. The highest BCUT2D eigenvalue weighted by molar-refractivity contribution is 7.85. The summed E-state index contributed by atoms with van der Waals surface area (Å²) in [5, 5.41) is 2.98. The number of rotatable bonds is 10. The molecule has 0 aliphatic heterocycles. The van der Waals surface area contributed by atoms with Gasteiger partial charge in [0.25, 0.3) is 10.1 Å². The molecule has 0 aromatic rings. The molecule has 1 fully saturated rings. The molecule has 27 heavy (non-hydrogen) atoms. The van der Waals surface area contributed by atoms with Gasteiger partial charge in [0, 0.05) is 12.6 Å². The van der Waals surface area contributed by atoms with Gasteiger partial charge in [0.05, 0.1) is 11.9 Å². The van der Waals surface area contributed by atoms with Gasteiger partial charge in [-0.2, -0.15) is 8.42 Å². The fourth-order valence-corrected chi connectivity index (χ4v) is 3.84. The lowest BCUT2D eigenvalue weighted by Gasteiger charge is -2.32. The first kappa shape index (κ1) is 24.2. The van der Waals surface area contributed by atoms with E-state index in [2.05, 4.69) is 33.0 Å². The van der Waals surface area contributed by atoms with Crippen molar-refractivity contribution in [3.05, 3.63) is 0 Å². The van der Waals surface area contributed by atoms with Crippen molar-refractivity contribution >= 4 is 16.2 Å². The van der Waals surface area contributed by atoms with E-state index in [-0.39, 0.29) is 35.5 Å². The maximum Gasteiger partial charge on any atom is 0.407 e. The molecule has 1 amide bonds. The van der Waals surface area contributed by atoms with Crippen molar-refractivity contribution in [2.75, 3.05) is 12.4 Å². The predicted molar refractivity (Wildman–Crippen MR) is 105 cm³/mol. The molecule has 8 heteroatoms. The van der Waals surface area contributed by atoms with Crippen LogP contribution in [0.25, 0.3) is 0 Å². The molecule has 1 saturated carbocycles. The smallest absolute Gasteiger partial charge is 0.407 e. The van der Waals surface area contributed by atoms with Crippen LogP contribution in [0.5, 0.6) is 0 Å². The van der Waals surface area contributed by atoms with Crippen LogP contribution in [-0.2, 0) is 19.6 Å². The lowest BCUT2D eigenvalue weighted by molar-refractivity contribution is 0.0111. The Hall–Kier alpha value is -0.860. The average Bonchev–Trinajstić information content (AvgIpc) is 2.54. The summed E-state index contributed by atoms with van der Waals surface area (Å²) in [5.41, 5.74) is -0.0752. The van der Waals surface area contributed by atoms with E-state index in [0.29, 0.717) is 19.4 Å². The number of unbranched alkanes of at least 4 members (excludes halogenated alkanes) is 1. The van der Waals surface area contributed by atoms with Crippen LogP contribution in [0.4, 0.5) is 4.79 Å². The molecule has 1 atom stereocenters. The summed E-state index contributed by atoms with van der Waals surface area (Å²) >= 11 is 0. The summed E-state index contributed by atoms with van der Waals surface area (Å²) in [7, 11) is -3.88. The summed E-state index contributed by atoms with van der Waals surface area (Å²) in [5.74, 6) is -0.220. The van der Waals surface area contributed by atoms with Crippen LogP contribution in [0.1, 0.15) is 79.1 Å². The first-order valence-corrected chi connectivity index (χ1v) is 11.7. The van der Waals surface area contributed by atoms with Crippen molar-refractivity contribution in [1.82, 2.24) is 5.32 Å². The van der Waals surface area contributed by atoms with Gasteiger partial charge in [-0.15, -0.1) is 0 Å². The van der Waals surface area contributed by atoms with Gasteiger partial charge in [0.2, 0.25) is 0 Å². The van der Waals surface area contributed by atoms with E-state index >= 15 is 0 Å². The first-order valence-electron chi connectivity index (χ1n) is 10.0. The third kappa shape index (κ3) is 10.9. The van der Waals surface area contributed by atoms with E-state index < -0.39 is 10.1 Å². The summed E-state index contributed by atoms with van der Waals surface area (Å²) in [6, 6.07) is 0.110. The molecule has 0 radical (unpaired) electrons. The first-order chi connectivity index (χ1) is 12.5. The third-order valence-corrected chi connectivity index (χ3v) is 5.72. The Bertz CT molecular complexity index is 535. The second kappa shape index (κ2) is 11.2. The predicted octanol–water partition coefficient (Wildman–Crippen LogP) is 3.92. The number of nitrogens with one attached hydrogen (secondary N) is 1. The molecular formula is C19H37NO6S. The third-order valence-electron chi connectivity index (χ3n) is 4.91. The summed E-state index contributed by atoms with van der Waals surface area (Å²) in [4.78, 5) is 12.2. The Kier molecular flexibility index (Phi) is 10.0. The van der Waals surface area contributed by atoms with E-state index in [1.807, 2.05) is 0 Å². The van der Waals surface area contributed by atoms with Crippen molar-refractivity contribution in [3.8, 4) is 0 Å². The minimum atomic E-state index is -3.88. The number of amides is 1. The molecule has 0 saturated heterocycles. The van der Waals surface area contributed by atoms with E-state index in [1.54, 1.807) is 0 Å². The normalized spacial score (nSPS) is 22.3. The largest absolute Gasteiger partial charge is 0.446 e. The zero-order chi connectivity index (χ0) is 20.5. The maximum absolute atomic E-state index is 12.2. The molecule has 1 aliphatic carbocycles. The molecule has 0 aromatic heterocycles. The highest BCUT2D eigenvalue weighted by Gasteiger charge is 2.29. The Morgan fingerprint density at radius 3 is 2.33 bits per heavy atom. The molecule has 160 valence electrons. The van der Waals surface area contributed by atoms with Crippen LogP contribution in [0.15, 0.2) is 0 Å². The van der Waals surface area contributed by atoms with Crippen LogP contribution in [0.2, 0.25) is 0 Å². The molecule has 0 bridgehead atoms. The number of hydrogen-bond donors (Lipinski definition) is 2. The van der Waals surface area contributed by atoms with Crippen molar-refractivity contribution in [2.24, 2.45) is 5.41 Å². The quantitative estimate of drug-likeness (QED) is 0.420. The van der Waals surface area contributed by atoms with E-state index in [4.69, 9.17) is 14.0 Å². The van der Waals surface area contributed by atoms with E-state index in [1.165, 1.54) is 0 Å². The minimum Gasteiger partial charge on any atom is -0.446 e. The molecule has 0 heterocycles. The van der Waals surface area contributed by atoms with Crippen molar-refractivity contribution in [1.29, 1.82) is 0 Å². The molecule has 1 unspecified atom stereocenters. The fraction of sp³-hybridized carbons (Fsp3) is 0.947. The lowest BCUT2D eigenvalue weighted by atomic mass is 9.86. The standard InChI is InChI=1S/C19H37NO6S/c1-5-8-17(19(2,3)4)26-18(21)20-15-9-11-16(12-10-15)25-13-6-7-14-27(22,23)24/h15-17H,5-14H2,1-4H3,(H,20,21)(H,22,23,24)/t15-,16-,17?. The molecule has 2 N–H and O–H groups in total. The van der Waals surface area contributed by atoms with E-state index in [9.17, 15) is 13.2 Å². The van der Waals surface area contributed by atoms with Gasteiger partial charge in [0.1, 0.15) is 6.10 Å². The van der Waals surface area contributed by atoms with Crippen LogP contribution in [0.3, 0.4) is 0 Å². The van der Waals surface area contributed by atoms with Gasteiger partial charge >= 0.3 is 6.09 Å². The second-order valence-corrected chi connectivity index (χ2v) is 10.1. The number of ether oxygens (including phenoxy) is 2. The van der Waals surface area contributed by atoms with Gasteiger partial charge < -0.3 is 14.8 Å². The molecule has 1 rings (SSSR count). The fourth-order valence-electron chi connectivity index (χ4n) is 3.27. The van der Waals surface area contributed by atoms with Crippen molar-refractivity contribution in [2.45, 2.75) is 97.3 Å². The van der Waals surface area contributed by atoms with E-state index in [0.717, 1.165) is 38.5 Å². The van der Waals surface area contributed by atoms with Crippen LogP contribution >= 0.6 is 0 Å². The summed E-state index contributed by atoms with van der Waals surface area (Å²) < 4.78 is 41.4. The Morgan fingerprint density at radius 2 is 1.81 bits per heavy atom. The summed E-state index contributed by atoms with van der Waals surface area (Å²) in [6.45, 7) is 8.83. The lowest BCUT2D eigenvalue weighted by Crippen LogP contribution is -2.42. The Morgan fingerprint density at radius 1 is 1.19 bits per heavy atom. The number of carbonyl (C=O) groups is 1. The van der Waals surface area contributed by atoms with Crippen molar-refractivity contribution < 1.29 is 27.2 Å². The monoisotopic (exact) mass is 407 g/mol. The second-order valence-electron chi connectivity index (χ2n) is 8.53. The Labute approximate surface area is 164 Å². The highest BCUT2D eigenvalue weighted by Crippen LogP contribution is 2.27. The number of carbonyl (C=O) groups excluding carboxylic acids is 1. The molecule has 0 spiro atoms.